The molecule has 5 nitrogen and oxygen atoms in total. The number of nitrogens with one attached hydrogen (secondary N) is 1. The molecule has 1 saturated heterocycles. The van der Waals surface area contributed by atoms with Gasteiger partial charge in [-0.3, -0.25) is 4.90 Å². The summed E-state index contributed by atoms with van der Waals surface area (Å²) in [5.74, 6) is 1.29. The number of nitrogens with zero attached hydrogens (tertiary/aromatic N) is 3. The van der Waals surface area contributed by atoms with Gasteiger partial charge < -0.3 is 10.1 Å². The number of ether oxygens (including phenoxy) is 1. The van der Waals surface area contributed by atoms with Crippen molar-refractivity contribution in [2.24, 2.45) is 0 Å². The van der Waals surface area contributed by atoms with Crippen LogP contribution < -0.4 is 10.1 Å². The SMILES string of the molecule is CNc1ncc(C)c(OCCN2CCCCC2)n1. The maximum Gasteiger partial charge on any atom is 0.225 e. The standard InChI is InChI=1S/C13H22N4O/c1-11-10-15-13(14-2)16-12(11)18-9-8-17-6-4-3-5-7-17/h10H,3-9H2,1-2H3,(H,14,15,16). The molecule has 0 aliphatic carbocycles. The van der Waals surface area contributed by atoms with Crippen molar-refractivity contribution in [3.63, 3.8) is 0 Å². The molecule has 1 N–H and O–H groups in total. The van der Waals surface area contributed by atoms with Crippen LogP contribution in [-0.4, -0.2) is 48.2 Å². The topological polar surface area (TPSA) is 50.3 Å². The number of likely N-dealkylation sites (tertiary alicyclic amines) is 1. The van der Waals surface area contributed by atoms with Crippen LogP contribution in [0, 0.1) is 6.92 Å². The van der Waals surface area contributed by atoms with Crippen LogP contribution in [0.25, 0.3) is 0 Å². The normalized spacial score (nSPS) is 16.6. The zero-order valence-electron chi connectivity index (χ0n) is 11.3. The molecule has 0 radical (unpaired) electrons. The highest BCUT2D eigenvalue weighted by molar-refractivity contribution is 5.31. The fraction of sp³-hybridized carbons (Fsp3) is 0.692. The van der Waals surface area contributed by atoms with Gasteiger partial charge in [0.15, 0.2) is 0 Å². The van der Waals surface area contributed by atoms with Crippen molar-refractivity contribution in [1.82, 2.24) is 14.9 Å². The van der Waals surface area contributed by atoms with Crippen LogP contribution in [0.1, 0.15) is 24.8 Å². The first kappa shape index (κ1) is 13.1. The van der Waals surface area contributed by atoms with E-state index in [9.17, 15) is 0 Å². The average molecular weight is 250 g/mol. The Labute approximate surface area is 109 Å². The lowest BCUT2D eigenvalue weighted by Gasteiger charge is -2.26. The minimum absolute atomic E-state index is 0.605. The monoisotopic (exact) mass is 250 g/mol. The number of rotatable bonds is 5. The highest BCUT2D eigenvalue weighted by atomic mass is 16.5. The molecule has 0 unspecified atom stereocenters. The lowest BCUT2D eigenvalue weighted by Crippen LogP contribution is -2.33. The van der Waals surface area contributed by atoms with Crippen molar-refractivity contribution >= 4 is 5.95 Å². The van der Waals surface area contributed by atoms with E-state index in [1.807, 2.05) is 14.0 Å². The molecular formula is C13H22N4O. The van der Waals surface area contributed by atoms with Gasteiger partial charge in [-0.2, -0.15) is 4.98 Å². The average Bonchev–Trinajstić information content (AvgIpc) is 2.42. The molecule has 1 aromatic rings. The molecule has 1 fully saturated rings. The van der Waals surface area contributed by atoms with Gasteiger partial charge in [0.25, 0.3) is 0 Å². The van der Waals surface area contributed by atoms with Crippen LogP contribution >= 0.6 is 0 Å². The molecule has 0 aromatic carbocycles. The summed E-state index contributed by atoms with van der Waals surface area (Å²) in [5, 5.41) is 2.92. The quantitative estimate of drug-likeness (QED) is 0.862. The largest absolute Gasteiger partial charge is 0.476 e. The molecule has 2 rings (SSSR count). The maximum absolute atomic E-state index is 5.75. The number of hydrogen-bond donors (Lipinski definition) is 1. The van der Waals surface area contributed by atoms with Gasteiger partial charge in [-0.25, -0.2) is 4.98 Å². The van der Waals surface area contributed by atoms with Crippen molar-refractivity contribution in [1.29, 1.82) is 0 Å². The van der Waals surface area contributed by atoms with E-state index in [1.54, 1.807) is 6.20 Å². The van der Waals surface area contributed by atoms with E-state index in [0.717, 1.165) is 12.1 Å². The molecule has 0 bridgehead atoms. The number of hydrogen-bond acceptors (Lipinski definition) is 5. The second-order valence-corrected chi connectivity index (χ2v) is 4.68. The maximum atomic E-state index is 5.75. The van der Waals surface area contributed by atoms with E-state index in [1.165, 1.54) is 32.4 Å². The van der Waals surface area contributed by atoms with Crippen molar-refractivity contribution in [3.05, 3.63) is 11.8 Å². The molecule has 1 aliphatic heterocycles. The molecule has 1 aromatic heterocycles. The summed E-state index contributed by atoms with van der Waals surface area (Å²) in [6.07, 6.45) is 5.79. The second kappa shape index (κ2) is 6.54. The van der Waals surface area contributed by atoms with E-state index < -0.39 is 0 Å². The van der Waals surface area contributed by atoms with Crippen LogP contribution in [0.2, 0.25) is 0 Å². The third-order valence-corrected chi connectivity index (χ3v) is 3.24. The predicted molar refractivity (Wildman–Crippen MR) is 72.1 cm³/mol. The van der Waals surface area contributed by atoms with Gasteiger partial charge >= 0.3 is 0 Å². The van der Waals surface area contributed by atoms with Crippen LogP contribution in [0.4, 0.5) is 5.95 Å². The Kier molecular flexibility index (Phi) is 4.75. The molecule has 0 saturated carbocycles. The van der Waals surface area contributed by atoms with Gasteiger partial charge in [0.1, 0.15) is 6.61 Å². The highest BCUT2D eigenvalue weighted by Crippen LogP contribution is 2.15. The summed E-state index contributed by atoms with van der Waals surface area (Å²) in [6.45, 7) is 6.05. The van der Waals surface area contributed by atoms with Crippen LogP contribution in [-0.2, 0) is 0 Å². The smallest absolute Gasteiger partial charge is 0.225 e. The van der Waals surface area contributed by atoms with Crippen molar-refractivity contribution in [2.75, 3.05) is 38.6 Å². The van der Waals surface area contributed by atoms with Gasteiger partial charge in [-0.15, -0.1) is 0 Å². The zero-order chi connectivity index (χ0) is 12.8. The number of aromatic nitrogens is 2. The molecule has 18 heavy (non-hydrogen) atoms. The Morgan fingerprint density at radius 3 is 2.83 bits per heavy atom. The minimum atomic E-state index is 0.605. The van der Waals surface area contributed by atoms with Gasteiger partial charge in [-0.1, -0.05) is 6.42 Å². The van der Waals surface area contributed by atoms with Crippen LogP contribution in [0.3, 0.4) is 0 Å². The lowest BCUT2D eigenvalue weighted by atomic mass is 10.1. The number of anilines is 1. The van der Waals surface area contributed by atoms with Gasteiger partial charge in [-0.05, 0) is 32.9 Å². The summed E-state index contributed by atoms with van der Waals surface area (Å²) >= 11 is 0. The second-order valence-electron chi connectivity index (χ2n) is 4.68. The van der Waals surface area contributed by atoms with Crippen molar-refractivity contribution < 1.29 is 4.74 Å². The van der Waals surface area contributed by atoms with E-state index in [-0.39, 0.29) is 0 Å². The van der Waals surface area contributed by atoms with Gasteiger partial charge in [0, 0.05) is 25.4 Å². The van der Waals surface area contributed by atoms with E-state index in [2.05, 4.69) is 20.2 Å². The van der Waals surface area contributed by atoms with Crippen molar-refractivity contribution in [2.45, 2.75) is 26.2 Å². The van der Waals surface area contributed by atoms with Gasteiger partial charge in [0.2, 0.25) is 11.8 Å². The lowest BCUT2D eigenvalue weighted by molar-refractivity contribution is 0.180. The Morgan fingerprint density at radius 1 is 1.33 bits per heavy atom. The first-order valence-electron chi connectivity index (χ1n) is 6.66. The summed E-state index contributed by atoms with van der Waals surface area (Å²) in [7, 11) is 1.81. The summed E-state index contributed by atoms with van der Waals surface area (Å²) in [5.41, 5.74) is 0.979. The molecule has 5 heteroatoms. The molecule has 0 amide bonds. The first-order valence-corrected chi connectivity index (χ1v) is 6.66. The Balaban J connectivity index is 1.81. The van der Waals surface area contributed by atoms with Crippen LogP contribution in [0.5, 0.6) is 5.88 Å². The van der Waals surface area contributed by atoms with Crippen LogP contribution in [0.15, 0.2) is 6.20 Å². The Hall–Kier alpha value is -1.36. The number of aryl methyl sites for hydroxylation is 1. The summed E-state index contributed by atoms with van der Waals surface area (Å²) in [6, 6.07) is 0. The van der Waals surface area contributed by atoms with Crippen molar-refractivity contribution in [3.8, 4) is 5.88 Å². The number of piperidine rings is 1. The third-order valence-electron chi connectivity index (χ3n) is 3.24. The fourth-order valence-corrected chi connectivity index (χ4v) is 2.15. The van der Waals surface area contributed by atoms with E-state index >= 15 is 0 Å². The molecule has 1 aliphatic rings. The summed E-state index contributed by atoms with van der Waals surface area (Å²) < 4.78 is 5.75. The molecule has 0 atom stereocenters. The highest BCUT2D eigenvalue weighted by Gasteiger charge is 2.10. The third kappa shape index (κ3) is 3.57. The first-order chi connectivity index (χ1) is 8.79. The molecular weight excluding hydrogens is 228 g/mol. The molecule has 2 heterocycles. The Bertz CT molecular complexity index is 377. The van der Waals surface area contributed by atoms with Gasteiger partial charge in [0.05, 0.1) is 0 Å². The zero-order valence-corrected chi connectivity index (χ0v) is 11.3. The molecule has 100 valence electrons. The Morgan fingerprint density at radius 2 is 2.11 bits per heavy atom. The molecule has 0 spiro atoms. The summed E-state index contributed by atoms with van der Waals surface area (Å²) in [4.78, 5) is 10.9. The fourth-order valence-electron chi connectivity index (χ4n) is 2.15. The minimum Gasteiger partial charge on any atom is -0.476 e. The van der Waals surface area contributed by atoms with E-state index in [4.69, 9.17) is 4.74 Å². The van der Waals surface area contributed by atoms with E-state index in [0.29, 0.717) is 18.4 Å². The predicted octanol–water partition coefficient (Wildman–Crippen LogP) is 1.69.